The fraction of sp³-hybridized carbons (Fsp3) is 0.214. The number of tetrazole rings is 1. The van der Waals surface area contributed by atoms with E-state index in [2.05, 4.69) is 49.9 Å². The minimum Gasteiger partial charge on any atom is -0.489 e. The summed E-state index contributed by atoms with van der Waals surface area (Å²) in [4.78, 5) is 4.68. The monoisotopic (exact) mass is 465 g/mol. The van der Waals surface area contributed by atoms with Gasteiger partial charge in [0.2, 0.25) is 0 Å². The fourth-order valence-corrected chi connectivity index (χ4v) is 3.93. The molecule has 0 atom stereocenters. The Morgan fingerprint density at radius 2 is 1.46 bits per heavy atom. The lowest BCUT2D eigenvalue weighted by molar-refractivity contribution is 0.293. The topological polar surface area (TPSA) is 85.8 Å². The van der Waals surface area contributed by atoms with Crippen LogP contribution >= 0.6 is 0 Å². The molecule has 0 amide bonds. The molecule has 0 saturated carbocycles. The minimum absolute atomic E-state index is 0.421. The predicted molar refractivity (Wildman–Crippen MR) is 134 cm³/mol. The molecule has 0 aliphatic rings. The number of aryl methyl sites for hydroxylation is 2. The van der Waals surface area contributed by atoms with Crippen molar-refractivity contribution < 1.29 is 9.47 Å². The molecule has 2 heterocycles. The number of benzene rings is 3. The van der Waals surface area contributed by atoms with Crippen LogP contribution in [0.5, 0.6) is 11.5 Å². The van der Waals surface area contributed by atoms with Crippen LogP contribution in [-0.2, 0) is 26.1 Å². The van der Waals surface area contributed by atoms with Crippen molar-refractivity contribution in [3.05, 3.63) is 108 Å². The molecule has 5 rings (SSSR count). The van der Waals surface area contributed by atoms with Gasteiger partial charge < -0.3 is 9.47 Å². The number of pyridine rings is 1. The number of nitrogens with one attached hydrogen (secondary N) is 1. The Balaban J connectivity index is 1.11. The summed E-state index contributed by atoms with van der Waals surface area (Å²) in [6.45, 7) is 0.899. The molecule has 0 radical (unpaired) electrons. The van der Waals surface area contributed by atoms with Gasteiger partial charge in [-0.3, -0.25) is 0 Å². The van der Waals surface area contributed by atoms with Crippen LogP contribution in [0.15, 0.2) is 84.9 Å². The number of unbranched alkanes of at least 4 members (excludes halogenated alkanes) is 1. The molecule has 0 saturated heterocycles. The van der Waals surface area contributed by atoms with Gasteiger partial charge in [-0.15, -0.1) is 10.2 Å². The standard InChI is InChI=1S/C28H27N5O2/c1(4-14-28-30-32-33-31-28)7-21-8-5-11-25(17-21)34-19-22-9-6-12-26(18-22)35-20-24-16-15-23-10-2-3-13-27(23)29-24/h2-3,5-6,8-13,15-18H,1,4,7,14,19-20H2,(H,30,31,32,33). The summed E-state index contributed by atoms with van der Waals surface area (Å²) in [6, 6.07) is 28.5. The lowest BCUT2D eigenvalue weighted by Crippen LogP contribution is -2.00. The number of nitrogens with zero attached hydrogens (tertiary/aromatic N) is 4. The Kier molecular flexibility index (Phi) is 7.24. The molecule has 35 heavy (non-hydrogen) atoms. The summed E-state index contributed by atoms with van der Waals surface area (Å²) in [6.07, 6.45) is 3.90. The molecule has 7 nitrogen and oxygen atoms in total. The van der Waals surface area contributed by atoms with E-state index in [9.17, 15) is 0 Å². The Labute approximate surface area is 204 Å². The predicted octanol–water partition coefficient (Wildman–Crippen LogP) is 5.47. The second-order valence-corrected chi connectivity index (χ2v) is 8.40. The number of H-pyrrole nitrogens is 1. The molecule has 176 valence electrons. The maximum absolute atomic E-state index is 6.06. The van der Waals surface area contributed by atoms with E-state index in [0.717, 1.165) is 65.2 Å². The van der Waals surface area contributed by atoms with E-state index < -0.39 is 0 Å². The molecule has 0 aliphatic carbocycles. The van der Waals surface area contributed by atoms with E-state index in [1.165, 1.54) is 5.56 Å². The zero-order valence-corrected chi connectivity index (χ0v) is 19.4. The normalized spacial score (nSPS) is 11.0. The molecule has 0 spiro atoms. The Bertz CT molecular complexity index is 1370. The maximum atomic E-state index is 6.06. The first-order valence-electron chi connectivity index (χ1n) is 11.8. The van der Waals surface area contributed by atoms with Crippen LogP contribution in [0, 0.1) is 0 Å². The largest absolute Gasteiger partial charge is 0.489 e. The van der Waals surface area contributed by atoms with Crippen molar-refractivity contribution >= 4 is 10.9 Å². The van der Waals surface area contributed by atoms with E-state index in [4.69, 9.17) is 9.47 Å². The van der Waals surface area contributed by atoms with Crippen LogP contribution in [0.3, 0.4) is 0 Å². The van der Waals surface area contributed by atoms with Gasteiger partial charge in [-0.25, -0.2) is 4.98 Å². The second-order valence-electron chi connectivity index (χ2n) is 8.40. The molecule has 0 aliphatic heterocycles. The average Bonchev–Trinajstić information content (AvgIpc) is 3.43. The summed E-state index contributed by atoms with van der Waals surface area (Å²) in [5.41, 5.74) is 4.19. The molecule has 0 bridgehead atoms. The van der Waals surface area contributed by atoms with E-state index in [0.29, 0.717) is 13.2 Å². The van der Waals surface area contributed by atoms with Crippen LogP contribution in [0.1, 0.15) is 35.5 Å². The number of hydrogen-bond donors (Lipinski definition) is 1. The number of hydrogen-bond acceptors (Lipinski definition) is 6. The van der Waals surface area contributed by atoms with Crippen molar-refractivity contribution in [2.45, 2.75) is 38.9 Å². The third kappa shape index (κ3) is 6.41. The first kappa shape index (κ1) is 22.5. The van der Waals surface area contributed by atoms with Gasteiger partial charge in [-0.1, -0.05) is 53.7 Å². The smallest absolute Gasteiger partial charge is 0.174 e. The van der Waals surface area contributed by atoms with Crippen LogP contribution in [0.25, 0.3) is 10.9 Å². The highest BCUT2D eigenvalue weighted by molar-refractivity contribution is 5.78. The van der Waals surface area contributed by atoms with Gasteiger partial charge in [0.25, 0.3) is 0 Å². The molecule has 7 heteroatoms. The number of aromatic nitrogens is 5. The zero-order chi connectivity index (χ0) is 23.7. The second kappa shape index (κ2) is 11.2. The molecular weight excluding hydrogens is 438 g/mol. The van der Waals surface area contributed by atoms with Gasteiger partial charge in [0.05, 0.1) is 11.2 Å². The SMILES string of the molecule is c1cc(CCCCc2nn[nH]n2)cc(OCc2cccc(OCc3ccc4ccccc4n3)c2)c1. The van der Waals surface area contributed by atoms with Crippen molar-refractivity contribution in [1.82, 2.24) is 25.6 Å². The quantitative estimate of drug-likeness (QED) is 0.260. The van der Waals surface area contributed by atoms with Crippen molar-refractivity contribution in [1.29, 1.82) is 0 Å². The third-order valence-electron chi connectivity index (χ3n) is 5.75. The zero-order valence-electron chi connectivity index (χ0n) is 19.4. The molecule has 0 unspecified atom stereocenters. The average molecular weight is 466 g/mol. The molecule has 2 aromatic heterocycles. The summed E-state index contributed by atoms with van der Waals surface area (Å²) in [7, 11) is 0. The van der Waals surface area contributed by atoms with E-state index in [-0.39, 0.29) is 0 Å². The van der Waals surface area contributed by atoms with E-state index >= 15 is 0 Å². The van der Waals surface area contributed by atoms with E-state index in [1.54, 1.807) is 0 Å². The number of ether oxygens (including phenoxy) is 2. The van der Waals surface area contributed by atoms with Gasteiger partial charge in [0.15, 0.2) is 5.82 Å². The van der Waals surface area contributed by atoms with Crippen molar-refractivity contribution in [3.63, 3.8) is 0 Å². The number of para-hydroxylation sites is 1. The summed E-state index contributed by atoms with van der Waals surface area (Å²) in [5, 5.41) is 15.2. The summed E-state index contributed by atoms with van der Waals surface area (Å²) in [5.74, 6) is 2.44. The minimum atomic E-state index is 0.421. The number of aromatic amines is 1. The van der Waals surface area contributed by atoms with Crippen LogP contribution < -0.4 is 9.47 Å². The van der Waals surface area contributed by atoms with Gasteiger partial charge in [0.1, 0.15) is 24.7 Å². The molecule has 3 aromatic carbocycles. The van der Waals surface area contributed by atoms with Crippen molar-refractivity contribution in [2.24, 2.45) is 0 Å². The lowest BCUT2D eigenvalue weighted by atomic mass is 10.1. The Morgan fingerprint density at radius 1 is 0.686 bits per heavy atom. The number of fused-ring (bicyclic) bond motifs is 1. The highest BCUT2D eigenvalue weighted by Gasteiger charge is 2.04. The highest BCUT2D eigenvalue weighted by atomic mass is 16.5. The molecule has 0 fully saturated rings. The van der Waals surface area contributed by atoms with Crippen molar-refractivity contribution in [2.75, 3.05) is 0 Å². The van der Waals surface area contributed by atoms with E-state index in [1.807, 2.05) is 60.7 Å². The first-order chi connectivity index (χ1) is 17.3. The summed E-state index contributed by atoms with van der Waals surface area (Å²) < 4.78 is 12.1. The fourth-order valence-electron chi connectivity index (χ4n) is 3.93. The first-order valence-corrected chi connectivity index (χ1v) is 11.8. The Morgan fingerprint density at radius 3 is 2.31 bits per heavy atom. The van der Waals surface area contributed by atoms with Gasteiger partial charge in [0, 0.05) is 11.8 Å². The van der Waals surface area contributed by atoms with Crippen molar-refractivity contribution in [3.8, 4) is 11.5 Å². The summed E-state index contributed by atoms with van der Waals surface area (Å²) >= 11 is 0. The molecule has 5 aromatic rings. The third-order valence-corrected chi connectivity index (χ3v) is 5.75. The Hall–Kier alpha value is -4.26. The number of rotatable bonds is 11. The van der Waals surface area contributed by atoms with Crippen LogP contribution in [-0.4, -0.2) is 25.6 Å². The van der Waals surface area contributed by atoms with Crippen LogP contribution in [0.4, 0.5) is 0 Å². The highest BCUT2D eigenvalue weighted by Crippen LogP contribution is 2.20. The maximum Gasteiger partial charge on any atom is 0.174 e. The molecular formula is C28H27N5O2. The van der Waals surface area contributed by atoms with Gasteiger partial charge in [-0.05, 0) is 66.8 Å². The van der Waals surface area contributed by atoms with Gasteiger partial charge in [-0.2, -0.15) is 5.21 Å². The lowest BCUT2D eigenvalue weighted by Gasteiger charge is -2.11. The molecule has 1 N–H and O–H groups in total. The van der Waals surface area contributed by atoms with Gasteiger partial charge >= 0.3 is 0 Å². The van der Waals surface area contributed by atoms with Crippen LogP contribution in [0.2, 0.25) is 0 Å².